The van der Waals surface area contributed by atoms with Gasteiger partial charge in [-0.1, -0.05) is 42.5 Å². The first-order valence-electron chi connectivity index (χ1n) is 7.02. The van der Waals surface area contributed by atoms with E-state index in [0.717, 1.165) is 11.1 Å². The first-order chi connectivity index (χ1) is 10.6. The highest BCUT2D eigenvalue weighted by Crippen LogP contribution is 2.19. The quantitative estimate of drug-likeness (QED) is 0.742. The molecular formula is C18H15FN2O. The maximum Gasteiger partial charge on any atom is 0.275 e. The highest BCUT2D eigenvalue weighted by atomic mass is 19.1. The molecule has 0 radical (unpaired) electrons. The maximum atomic E-state index is 13.1. The Morgan fingerprint density at radius 2 is 1.73 bits per heavy atom. The number of aryl methyl sites for hydroxylation is 1. The molecule has 0 N–H and O–H groups in total. The lowest BCUT2D eigenvalue weighted by molar-refractivity contribution is 0.627. The summed E-state index contributed by atoms with van der Waals surface area (Å²) >= 11 is 0. The molecule has 3 rings (SSSR count). The van der Waals surface area contributed by atoms with E-state index in [9.17, 15) is 9.18 Å². The van der Waals surface area contributed by atoms with E-state index < -0.39 is 0 Å². The summed E-state index contributed by atoms with van der Waals surface area (Å²) in [5, 5.41) is 4.21. The molecule has 2 aromatic carbocycles. The summed E-state index contributed by atoms with van der Waals surface area (Å²) in [7, 11) is 0. The van der Waals surface area contributed by atoms with Crippen LogP contribution in [-0.2, 0) is 6.54 Å². The number of nitrogens with zero attached hydrogens (tertiary/aromatic N) is 2. The van der Waals surface area contributed by atoms with Crippen LogP contribution in [0, 0.1) is 12.7 Å². The third kappa shape index (κ3) is 2.81. The molecule has 3 nitrogen and oxygen atoms in total. The lowest BCUT2D eigenvalue weighted by atomic mass is 10.0. The van der Waals surface area contributed by atoms with Gasteiger partial charge < -0.3 is 0 Å². The van der Waals surface area contributed by atoms with E-state index >= 15 is 0 Å². The normalized spacial score (nSPS) is 10.6. The fourth-order valence-corrected chi connectivity index (χ4v) is 2.41. The van der Waals surface area contributed by atoms with Gasteiger partial charge in [-0.15, -0.1) is 0 Å². The molecule has 0 aliphatic carbocycles. The van der Waals surface area contributed by atoms with Crippen molar-refractivity contribution in [3.05, 3.63) is 88.1 Å². The van der Waals surface area contributed by atoms with E-state index in [2.05, 4.69) is 5.10 Å². The van der Waals surface area contributed by atoms with Gasteiger partial charge in [0.25, 0.3) is 5.56 Å². The van der Waals surface area contributed by atoms with Gasteiger partial charge in [0.05, 0.1) is 18.3 Å². The van der Waals surface area contributed by atoms with E-state index in [4.69, 9.17) is 0 Å². The average Bonchev–Trinajstić information content (AvgIpc) is 2.53. The molecule has 0 unspecified atom stereocenters. The molecule has 0 bridgehead atoms. The molecular weight excluding hydrogens is 279 g/mol. The van der Waals surface area contributed by atoms with Crippen LogP contribution in [0.2, 0.25) is 0 Å². The fourth-order valence-electron chi connectivity index (χ4n) is 2.41. The molecule has 22 heavy (non-hydrogen) atoms. The molecule has 0 spiro atoms. The third-order valence-corrected chi connectivity index (χ3v) is 3.54. The first-order valence-corrected chi connectivity index (χ1v) is 7.02. The Labute approximate surface area is 127 Å². The Bertz CT molecular complexity index is 839. The van der Waals surface area contributed by atoms with Crippen LogP contribution in [-0.4, -0.2) is 9.78 Å². The van der Waals surface area contributed by atoms with Crippen LogP contribution < -0.4 is 5.56 Å². The predicted octanol–water partition coefficient (Wildman–Crippen LogP) is 3.41. The summed E-state index contributed by atoms with van der Waals surface area (Å²) in [4.78, 5) is 12.7. The van der Waals surface area contributed by atoms with Gasteiger partial charge in [-0.05, 0) is 35.7 Å². The minimum Gasteiger partial charge on any atom is -0.267 e. The second kappa shape index (κ2) is 5.93. The monoisotopic (exact) mass is 294 g/mol. The van der Waals surface area contributed by atoms with Gasteiger partial charge in [0.15, 0.2) is 0 Å². The van der Waals surface area contributed by atoms with Crippen LogP contribution in [0.25, 0.3) is 11.1 Å². The molecule has 1 heterocycles. The number of halogens is 1. The SMILES string of the molecule is Cc1cnn(Cc2ccccc2)c(=O)c1-c1ccc(F)cc1. The van der Waals surface area contributed by atoms with E-state index in [1.165, 1.54) is 16.8 Å². The summed E-state index contributed by atoms with van der Waals surface area (Å²) in [5.41, 5.74) is 2.88. The number of hydrogen-bond donors (Lipinski definition) is 0. The summed E-state index contributed by atoms with van der Waals surface area (Å²) in [6.45, 7) is 2.24. The Morgan fingerprint density at radius 3 is 2.41 bits per heavy atom. The predicted molar refractivity (Wildman–Crippen MR) is 84.2 cm³/mol. The van der Waals surface area contributed by atoms with Gasteiger partial charge in [-0.3, -0.25) is 4.79 Å². The van der Waals surface area contributed by atoms with Crippen LogP contribution in [0.4, 0.5) is 4.39 Å². The zero-order valence-electron chi connectivity index (χ0n) is 12.2. The summed E-state index contributed by atoms with van der Waals surface area (Å²) in [6, 6.07) is 15.6. The van der Waals surface area contributed by atoms with E-state index in [1.807, 2.05) is 37.3 Å². The second-order valence-electron chi connectivity index (χ2n) is 5.16. The largest absolute Gasteiger partial charge is 0.275 e. The Kier molecular flexibility index (Phi) is 3.83. The van der Waals surface area contributed by atoms with E-state index in [0.29, 0.717) is 17.7 Å². The van der Waals surface area contributed by atoms with Crippen molar-refractivity contribution in [2.75, 3.05) is 0 Å². The van der Waals surface area contributed by atoms with Gasteiger partial charge in [0.2, 0.25) is 0 Å². The van der Waals surface area contributed by atoms with Gasteiger partial charge in [0.1, 0.15) is 5.82 Å². The fraction of sp³-hybridized carbons (Fsp3) is 0.111. The third-order valence-electron chi connectivity index (χ3n) is 3.54. The lowest BCUT2D eigenvalue weighted by Crippen LogP contribution is -2.25. The molecule has 3 aromatic rings. The van der Waals surface area contributed by atoms with Gasteiger partial charge in [0, 0.05) is 0 Å². The number of benzene rings is 2. The Morgan fingerprint density at radius 1 is 1.05 bits per heavy atom. The zero-order chi connectivity index (χ0) is 15.5. The van der Waals surface area contributed by atoms with Crippen LogP contribution in [0.15, 0.2) is 65.6 Å². The van der Waals surface area contributed by atoms with Gasteiger partial charge >= 0.3 is 0 Å². The van der Waals surface area contributed by atoms with Crippen LogP contribution in [0.3, 0.4) is 0 Å². The van der Waals surface area contributed by atoms with Gasteiger partial charge in [-0.2, -0.15) is 5.10 Å². The smallest absolute Gasteiger partial charge is 0.267 e. The molecule has 110 valence electrons. The maximum absolute atomic E-state index is 13.1. The number of hydrogen-bond acceptors (Lipinski definition) is 2. The molecule has 0 aliphatic rings. The van der Waals surface area contributed by atoms with Crippen molar-refractivity contribution in [2.45, 2.75) is 13.5 Å². The van der Waals surface area contributed by atoms with Crippen molar-refractivity contribution in [1.82, 2.24) is 9.78 Å². The highest BCUT2D eigenvalue weighted by Gasteiger charge is 2.11. The summed E-state index contributed by atoms with van der Waals surface area (Å²) in [5.74, 6) is -0.319. The Hall–Kier alpha value is -2.75. The number of rotatable bonds is 3. The molecule has 0 aliphatic heterocycles. The topological polar surface area (TPSA) is 34.9 Å². The summed E-state index contributed by atoms with van der Waals surface area (Å²) < 4.78 is 14.5. The molecule has 0 saturated carbocycles. The van der Waals surface area contributed by atoms with Crippen molar-refractivity contribution in [3.8, 4) is 11.1 Å². The average molecular weight is 294 g/mol. The van der Waals surface area contributed by atoms with Crippen molar-refractivity contribution in [2.24, 2.45) is 0 Å². The van der Waals surface area contributed by atoms with Crippen molar-refractivity contribution < 1.29 is 4.39 Å². The van der Waals surface area contributed by atoms with Crippen LogP contribution >= 0.6 is 0 Å². The minimum atomic E-state index is -0.319. The molecule has 0 atom stereocenters. The van der Waals surface area contributed by atoms with Crippen molar-refractivity contribution >= 4 is 0 Å². The standard InChI is InChI=1S/C18H15FN2O/c1-13-11-20-21(12-14-5-3-2-4-6-14)18(22)17(13)15-7-9-16(19)10-8-15/h2-11H,12H2,1H3. The van der Waals surface area contributed by atoms with Crippen molar-refractivity contribution in [3.63, 3.8) is 0 Å². The lowest BCUT2D eigenvalue weighted by Gasteiger charge is -2.10. The molecule has 0 saturated heterocycles. The zero-order valence-corrected chi connectivity index (χ0v) is 12.2. The number of aromatic nitrogens is 2. The highest BCUT2D eigenvalue weighted by molar-refractivity contribution is 5.65. The first kappa shape index (κ1) is 14.2. The second-order valence-corrected chi connectivity index (χ2v) is 5.16. The molecule has 0 fully saturated rings. The molecule has 0 amide bonds. The van der Waals surface area contributed by atoms with Crippen molar-refractivity contribution in [1.29, 1.82) is 0 Å². The van der Waals surface area contributed by atoms with E-state index in [1.54, 1.807) is 18.3 Å². The van der Waals surface area contributed by atoms with Gasteiger partial charge in [-0.25, -0.2) is 9.07 Å². The minimum absolute atomic E-state index is 0.171. The summed E-state index contributed by atoms with van der Waals surface area (Å²) in [6.07, 6.45) is 1.67. The van der Waals surface area contributed by atoms with Crippen LogP contribution in [0.5, 0.6) is 0 Å². The molecule has 4 heteroatoms. The molecule has 1 aromatic heterocycles. The van der Waals surface area contributed by atoms with E-state index in [-0.39, 0.29) is 11.4 Å². The Balaban J connectivity index is 2.06. The van der Waals surface area contributed by atoms with Crippen LogP contribution in [0.1, 0.15) is 11.1 Å².